The lowest BCUT2D eigenvalue weighted by molar-refractivity contribution is -0.134. The van der Waals surface area contributed by atoms with Crippen molar-refractivity contribution in [3.05, 3.63) is 114 Å². The van der Waals surface area contributed by atoms with Crippen molar-refractivity contribution < 1.29 is 19.8 Å². The summed E-state index contributed by atoms with van der Waals surface area (Å²) in [5.74, 6) is -1.77. The van der Waals surface area contributed by atoms with E-state index in [0.29, 0.717) is 12.2 Å². The molecule has 5 nitrogen and oxygen atoms in total. The lowest BCUT2D eigenvalue weighted by Crippen LogP contribution is -2.33. The van der Waals surface area contributed by atoms with Gasteiger partial charge in [0, 0.05) is 18.7 Å². The summed E-state index contributed by atoms with van der Waals surface area (Å²) in [4.78, 5) is 21.8. The second-order valence-electron chi connectivity index (χ2n) is 9.42. The molecule has 1 heterocycles. The number of hydrogen-bond acceptors (Lipinski definition) is 3. The van der Waals surface area contributed by atoms with E-state index in [1.807, 2.05) is 0 Å². The van der Waals surface area contributed by atoms with Gasteiger partial charge in [0.05, 0.1) is 0 Å². The molecule has 1 aliphatic heterocycles. The summed E-state index contributed by atoms with van der Waals surface area (Å²) in [6.07, 6.45) is 8.40. The average molecular weight is 496 g/mol. The van der Waals surface area contributed by atoms with Crippen LogP contribution in [0.4, 0.5) is 0 Å². The van der Waals surface area contributed by atoms with Gasteiger partial charge in [-0.05, 0) is 78.1 Å². The van der Waals surface area contributed by atoms with Gasteiger partial charge in [-0.1, -0.05) is 84.9 Å². The first-order chi connectivity index (χ1) is 18.0. The molecule has 2 aliphatic rings. The molecule has 0 bridgehead atoms. The van der Waals surface area contributed by atoms with Crippen LogP contribution in [0.25, 0.3) is 16.7 Å². The Hall–Kier alpha value is -3.96. The van der Waals surface area contributed by atoms with Crippen molar-refractivity contribution in [3.8, 4) is 11.1 Å². The van der Waals surface area contributed by atoms with Crippen LogP contribution in [0.15, 0.2) is 97.1 Å². The summed E-state index contributed by atoms with van der Waals surface area (Å²) in [6.45, 7) is 3.63. The first kappa shape index (κ1) is 26.1. The summed E-state index contributed by atoms with van der Waals surface area (Å²) in [7, 11) is 0. The number of hydrogen-bond donors (Lipinski definition) is 2. The topological polar surface area (TPSA) is 77.8 Å². The lowest BCUT2D eigenvalue weighted by atomic mass is 9.89. The Kier molecular flexibility index (Phi) is 9.06. The Morgan fingerprint density at radius 3 is 2.00 bits per heavy atom. The molecule has 1 fully saturated rings. The number of likely N-dealkylation sites (tertiary alicyclic amines) is 1. The monoisotopic (exact) mass is 495 g/mol. The van der Waals surface area contributed by atoms with Crippen LogP contribution in [0.3, 0.4) is 0 Å². The van der Waals surface area contributed by atoms with Gasteiger partial charge in [-0.15, -0.1) is 0 Å². The maximum Gasteiger partial charge on any atom is 0.328 e. The minimum atomic E-state index is -1.26. The smallest absolute Gasteiger partial charge is 0.328 e. The highest BCUT2D eigenvalue weighted by atomic mass is 16.4. The van der Waals surface area contributed by atoms with Crippen LogP contribution in [0, 0.1) is 0 Å². The van der Waals surface area contributed by atoms with E-state index in [1.54, 1.807) is 5.57 Å². The fourth-order valence-corrected chi connectivity index (χ4v) is 5.20. The predicted octanol–water partition coefficient (Wildman–Crippen LogP) is 6.27. The van der Waals surface area contributed by atoms with Crippen molar-refractivity contribution in [1.29, 1.82) is 0 Å². The zero-order chi connectivity index (χ0) is 26.0. The van der Waals surface area contributed by atoms with Crippen molar-refractivity contribution in [1.82, 2.24) is 4.90 Å². The van der Waals surface area contributed by atoms with Gasteiger partial charge in [-0.2, -0.15) is 0 Å². The number of rotatable bonds is 7. The third kappa shape index (κ3) is 7.28. The maximum atomic E-state index is 9.55. The largest absolute Gasteiger partial charge is 0.478 e. The number of carbonyl (C=O) groups is 2. The Bertz CT molecular complexity index is 1240. The summed E-state index contributed by atoms with van der Waals surface area (Å²) >= 11 is 0. The molecule has 1 aliphatic carbocycles. The Morgan fingerprint density at radius 2 is 1.38 bits per heavy atom. The maximum absolute atomic E-state index is 9.55. The van der Waals surface area contributed by atoms with Crippen molar-refractivity contribution in [3.63, 3.8) is 0 Å². The van der Waals surface area contributed by atoms with E-state index in [4.69, 9.17) is 10.2 Å². The molecule has 0 atom stereocenters. The molecule has 0 unspecified atom stereocenters. The number of allylic oxidation sites excluding steroid dienone is 1. The zero-order valence-corrected chi connectivity index (χ0v) is 20.9. The average Bonchev–Trinajstić information content (AvgIpc) is 3.36. The van der Waals surface area contributed by atoms with E-state index in [1.165, 1.54) is 66.7 Å². The van der Waals surface area contributed by atoms with E-state index in [0.717, 1.165) is 12.3 Å². The Balaban J connectivity index is 0.000000349. The van der Waals surface area contributed by atoms with E-state index in [-0.39, 0.29) is 0 Å². The highest BCUT2D eigenvalue weighted by Crippen LogP contribution is 2.37. The molecule has 3 aromatic carbocycles. The van der Waals surface area contributed by atoms with Gasteiger partial charge >= 0.3 is 11.9 Å². The van der Waals surface area contributed by atoms with Crippen LogP contribution in [0.1, 0.15) is 41.9 Å². The van der Waals surface area contributed by atoms with Crippen molar-refractivity contribution >= 4 is 17.5 Å². The molecule has 0 spiro atoms. The fraction of sp³-hybridized carbons (Fsp3) is 0.250. The number of benzene rings is 3. The van der Waals surface area contributed by atoms with Crippen molar-refractivity contribution in [2.24, 2.45) is 0 Å². The summed E-state index contributed by atoms with van der Waals surface area (Å²) in [5.41, 5.74) is 8.79. The number of nitrogens with zero attached hydrogens (tertiary/aromatic N) is 1. The van der Waals surface area contributed by atoms with Crippen LogP contribution in [-0.2, 0) is 16.0 Å². The van der Waals surface area contributed by atoms with Crippen molar-refractivity contribution in [2.75, 3.05) is 19.6 Å². The van der Waals surface area contributed by atoms with Gasteiger partial charge in [0.2, 0.25) is 0 Å². The Labute approximate surface area is 218 Å². The summed E-state index contributed by atoms with van der Waals surface area (Å²) < 4.78 is 0. The molecule has 3 aromatic rings. The molecule has 190 valence electrons. The first-order valence-electron chi connectivity index (χ1n) is 12.8. The molecular weight excluding hydrogens is 462 g/mol. The fourth-order valence-electron chi connectivity index (χ4n) is 5.20. The van der Waals surface area contributed by atoms with Gasteiger partial charge < -0.3 is 15.1 Å². The number of fused-ring (bicyclic) bond motifs is 1. The molecule has 0 saturated carbocycles. The van der Waals surface area contributed by atoms with Gasteiger partial charge in [-0.25, -0.2) is 9.59 Å². The minimum Gasteiger partial charge on any atom is -0.478 e. The zero-order valence-electron chi connectivity index (χ0n) is 20.9. The predicted molar refractivity (Wildman–Crippen MR) is 147 cm³/mol. The van der Waals surface area contributed by atoms with Crippen molar-refractivity contribution in [2.45, 2.75) is 31.6 Å². The number of carboxylic acids is 2. The van der Waals surface area contributed by atoms with E-state index in [2.05, 4.69) is 89.8 Å². The number of carboxylic acid groups (broad SMARTS) is 2. The quantitative estimate of drug-likeness (QED) is 0.378. The van der Waals surface area contributed by atoms with Gasteiger partial charge in [0.1, 0.15) is 0 Å². The molecule has 5 heteroatoms. The Morgan fingerprint density at radius 1 is 0.784 bits per heavy atom. The third-order valence-electron chi connectivity index (χ3n) is 7.08. The molecule has 0 amide bonds. The van der Waals surface area contributed by atoms with E-state index < -0.39 is 11.9 Å². The van der Waals surface area contributed by atoms with Gasteiger partial charge in [0.15, 0.2) is 0 Å². The van der Waals surface area contributed by atoms with Crippen LogP contribution < -0.4 is 0 Å². The van der Waals surface area contributed by atoms with E-state index >= 15 is 0 Å². The SMILES string of the molecule is C1=C(CCN2CCC(c3ccccc3)CC2)c2cccc(-c3ccccc3)c2C1.O=C(O)/C=C\C(=O)O. The number of piperidine rings is 1. The van der Waals surface area contributed by atoms with Crippen LogP contribution in [0.2, 0.25) is 0 Å². The molecule has 37 heavy (non-hydrogen) atoms. The van der Waals surface area contributed by atoms with Gasteiger partial charge in [-0.3, -0.25) is 0 Å². The molecule has 5 rings (SSSR count). The second kappa shape index (κ2) is 12.8. The third-order valence-corrected chi connectivity index (χ3v) is 7.08. The van der Waals surface area contributed by atoms with Gasteiger partial charge in [0.25, 0.3) is 0 Å². The molecular formula is C32H33NO4. The number of aliphatic carboxylic acids is 2. The normalized spacial score (nSPS) is 15.5. The standard InChI is InChI=1S/C28H29N.C4H4O4/c1-3-8-22(9-4-1)23-16-19-29(20-17-23)21-18-25-14-15-28-26(12-7-13-27(25)28)24-10-5-2-6-11-24;5-3(6)1-2-4(7)8/h1-14,23H,15-21H2;1-2H,(H,5,6)(H,7,8)/b;2-1-. The highest BCUT2D eigenvalue weighted by Gasteiger charge is 2.22. The van der Waals surface area contributed by atoms with Crippen LogP contribution in [0.5, 0.6) is 0 Å². The van der Waals surface area contributed by atoms with Crippen LogP contribution >= 0.6 is 0 Å². The molecule has 0 aromatic heterocycles. The lowest BCUT2D eigenvalue weighted by Gasteiger charge is -2.32. The summed E-state index contributed by atoms with van der Waals surface area (Å²) in [5, 5.41) is 15.6. The molecule has 0 radical (unpaired) electrons. The second-order valence-corrected chi connectivity index (χ2v) is 9.42. The first-order valence-corrected chi connectivity index (χ1v) is 12.8. The van der Waals surface area contributed by atoms with Crippen LogP contribution in [-0.4, -0.2) is 46.7 Å². The molecule has 1 saturated heterocycles. The van der Waals surface area contributed by atoms with E-state index in [9.17, 15) is 9.59 Å². The highest BCUT2D eigenvalue weighted by molar-refractivity contribution is 5.89. The minimum absolute atomic E-state index is 0.558. The molecule has 2 N–H and O–H groups in total. The summed E-state index contributed by atoms with van der Waals surface area (Å²) in [6, 6.07) is 28.7.